The van der Waals surface area contributed by atoms with Crippen LogP contribution in [-0.4, -0.2) is 6.04 Å². The van der Waals surface area contributed by atoms with E-state index in [9.17, 15) is 0 Å². The summed E-state index contributed by atoms with van der Waals surface area (Å²) in [6, 6.07) is 35.2. The van der Waals surface area contributed by atoms with Crippen LogP contribution in [0.2, 0.25) is 0 Å². The maximum Gasteiger partial charge on any atom is 0.0556 e. The van der Waals surface area contributed by atoms with Crippen molar-refractivity contribution >= 4 is 22.7 Å². The van der Waals surface area contributed by atoms with Gasteiger partial charge in [0.2, 0.25) is 0 Å². The molecule has 4 aliphatic carbocycles. The van der Waals surface area contributed by atoms with Crippen LogP contribution in [0.4, 0.5) is 22.7 Å². The van der Waals surface area contributed by atoms with Crippen molar-refractivity contribution in [3.63, 3.8) is 0 Å². The van der Waals surface area contributed by atoms with Crippen LogP contribution < -0.4 is 9.80 Å². The van der Waals surface area contributed by atoms with Gasteiger partial charge < -0.3 is 9.80 Å². The third kappa shape index (κ3) is 6.05. The number of hydrogen-bond donors (Lipinski definition) is 0. The first-order valence-electron chi connectivity index (χ1n) is 21.7. The molecule has 0 spiro atoms. The Labute approximate surface area is 348 Å². The lowest BCUT2D eigenvalue weighted by atomic mass is 9.72. The third-order valence-corrected chi connectivity index (χ3v) is 13.9. The Hall–Kier alpha value is -5.34. The van der Waals surface area contributed by atoms with E-state index in [4.69, 9.17) is 0 Å². The van der Waals surface area contributed by atoms with Crippen molar-refractivity contribution < 1.29 is 0 Å². The van der Waals surface area contributed by atoms with Crippen LogP contribution in [-0.2, 0) is 10.8 Å². The van der Waals surface area contributed by atoms with Gasteiger partial charge in [0.1, 0.15) is 0 Å². The van der Waals surface area contributed by atoms with Crippen LogP contribution in [0.1, 0.15) is 120 Å². The van der Waals surface area contributed by atoms with E-state index in [1.165, 1.54) is 89.6 Å². The minimum atomic E-state index is -0.199. The standard InChI is InChI=1S/C56H60N2/c1-35(2)39-21-25-43(26-22-39)57(41-17-13-11-14-18-41)45-31-37(5)51-47-29-30-48-52-38(6)32-46(34-50(52)56(9,10)54(48)53(47)55(7,8)49(51)33-45)58(42-19-15-12-16-20-42)44-27-23-40(24-28-44)36(3)4/h11-19,21-23,25-27,29-36,42H,20,24,28H2,1-10H3. The summed E-state index contributed by atoms with van der Waals surface area (Å²) in [6.45, 7) is 23.8. The number of para-hydroxylation sites is 1. The number of aryl methyl sites for hydroxylation is 2. The van der Waals surface area contributed by atoms with Gasteiger partial charge in [-0.05, 0) is 161 Å². The van der Waals surface area contributed by atoms with Crippen molar-refractivity contribution in [3.8, 4) is 22.3 Å². The van der Waals surface area contributed by atoms with Gasteiger partial charge in [0, 0.05) is 39.3 Å². The van der Waals surface area contributed by atoms with Crippen molar-refractivity contribution in [3.05, 3.63) is 178 Å². The van der Waals surface area contributed by atoms with Crippen LogP contribution in [0.3, 0.4) is 0 Å². The fourth-order valence-electron chi connectivity index (χ4n) is 10.8. The largest absolute Gasteiger partial charge is 0.338 e. The van der Waals surface area contributed by atoms with E-state index in [-0.39, 0.29) is 10.8 Å². The van der Waals surface area contributed by atoms with Gasteiger partial charge in [0.05, 0.1) is 6.04 Å². The zero-order valence-electron chi connectivity index (χ0n) is 36.4. The molecule has 5 aromatic carbocycles. The highest BCUT2D eigenvalue weighted by molar-refractivity contribution is 5.95. The molecule has 294 valence electrons. The van der Waals surface area contributed by atoms with E-state index in [2.05, 4.69) is 206 Å². The SMILES string of the molecule is Cc1cc(N(c2ccccc2)c2ccc(C(C)C)cc2)cc2c1-c1ccc3c(c1C2(C)C)C(C)(C)c1cc(N(C2=CC=C(C(C)C)CC2)C2C=CC=CC2)cc(C)c1-3. The second kappa shape index (κ2) is 14.2. The lowest BCUT2D eigenvalue weighted by Crippen LogP contribution is -2.34. The van der Waals surface area contributed by atoms with Gasteiger partial charge in [-0.25, -0.2) is 0 Å². The molecule has 58 heavy (non-hydrogen) atoms. The Morgan fingerprint density at radius 2 is 1.17 bits per heavy atom. The molecule has 0 saturated carbocycles. The molecular weight excluding hydrogens is 701 g/mol. The zero-order chi connectivity index (χ0) is 40.7. The predicted octanol–water partition coefficient (Wildman–Crippen LogP) is 15.5. The Bertz CT molecular complexity index is 2550. The fourth-order valence-corrected chi connectivity index (χ4v) is 10.8. The maximum atomic E-state index is 2.66. The Morgan fingerprint density at radius 1 is 0.586 bits per heavy atom. The molecule has 1 atom stereocenters. The number of nitrogens with zero attached hydrogens (tertiary/aromatic N) is 2. The number of rotatable bonds is 8. The van der Waals surface area contributed by atoms with Crippen molar-refractivity contribution in [2.75, 3.05) is 9.80 Å². The average molecular weight is 761 g/mol. The molecule has 0 aliphatic heterocycles. The summed E-state index contributed by atoms with van der Waals surface area (Å²) in [6.07, 6.45) is 17.2. The Morgan fingerprint density at radius 3 is 1.71 bits per heavy atom. The quantitative estimate of drug-likeness (QED) is 0.155. The lowest BCUT2D eigenvalue weighted by Gasteiger charge is -2.37. The maximum absolute atomic E-state index is 2.66. The first-order chi connectivity index (χ1) is 27.8. The normalized spacial score (nSPS) is 18.1. The second-order valence-corrected chi connectivity index (χ2v) is 19.0. The van der Waals surface area contributed by atoms with Gasteiger partial charge in [-0.2, -0.15) is 0 Å². The molecule has 0 saturated heterocycles. The van der Waals surface area contributed by atoms with Gasteiger partial charge in [0.15, 0.2) is 0 Å². The fraction of sp³-hybridized carbons (Fsp3) is 0.321. The number of allylic oxidation sites excluding steroid dienone is 6. The molecule has 0 amide bonds. The summed E-state index contributed by atoms with van der Waals surface area (Å²) in [5.41, 5.74) is 23.0. The summed E-state index contributed by atoms with van der Waals surface area (Å²) in [7, 11) is 0. The van der Waals surface area contributed by atoms with Crippen molar-refractivity contribution in [2.45, 2.75) is 111 Å². The van der Waals surface area contributed by atoms with Crippen molar-refractivity contribution in [1.29, 1.82) is 0 Å². The van der Waals surface area contributed by atoms with Crippen molar-refractivity contribution in [1.82, 2.24) is 0 Å². The van der Waals surface area contributed by atoms with Crippen LogP contribution in [0.5, 0.6) is 0 Å². The zero-order valence-corrected chi connectivity index (χ0v) is 36.4. The first-order valence-corrected chi connectivity index (χ1v) is 21.7. The summed E-state index contributed by atoms with van der Waals surface area (Å²) in [4.78, 5) is 5.10. The van der Waals surface area contributed by atoms with E-state index < -0.39 is 0 Å². The monoisotopic (exact) mass is 760 g/mol. The molecule has 4 aliphatic rings. The molecular formula is C56H60N2. The number of benzene rings is 5. The Balaban J connectivity index is 1.16. The molecule has 2 heteroatoms. The summed E-state index contributed by atoms with van der Waals surface area (Å²) in [5.74, 6) is 1.08. The minimum absolute atomic E-state index is 0.180. The number of fused-ring (bicyclic) bond motifs is 7. The summed E-state index contributed by atoms with van der Waals surface area (Å²) >= 11 is 0. The Kier molecular flexibility index (Phi) is 9.34. The van der Waals surface area contributed by atoms with E-state index in [1.54, 1.807) is 5.57 Å². The lowest BCUT2D eigenvalue weighted by molar-refractivity contribution is 0.600. The molecule has 0 N–H and O–H groups in total. The highest BCUT2D eigenvalue weighted by Crippen LogP contribution is 2.61. The van der Waals surface area contributed by atoms with Gasteiger partial charge in [0.25, 0.3) is 0 Å². The molecule has 0 radical (unpaired) electrons. The summed E-state index contributed by atoms with van der Waals surface area (Å²) in [5, 5.41) is 0. The molecule has 9 rings (SSSR count). The van der Waals surface area contributed by atoms with Crippen LogP contribution in [0.25, 0.3) is 22.3 Å². The highest BCUT2D eigenvalue weighted by Gasteiger charge is 2.47. The first kappa shape index (κ1) is 38.2. The topological polar surface area (TPSA) is 6.48 Å². The van der Waals surface area contributed by atoms with E-state index >= 15 is 0 Å². The summed E-state index contributed by atoms with van der Waals surface area (Å²) < 4.78 is 0. The second-order valence-electron chi connectivity index (χ2n) is 19.0. The molecule has 0 bridgehead atoms. The minimum Gasteiger partial charge on any atom is -0.338 e. The smallest absolute Gasteiger partial charge is 0.0556 e. The highest BCUT2D eigenvalue weighted by atomic mass is 15.2. The van der Waals surface area contributed by atoms with Gasteiger partial charge in [-0.15, -0.1) is 0 Å². The molecule has 5 aromatic rings. The number of anilines is 4. The molecule has 1 unspecified atom stereocenters. The predicted molar refractivity (Wildman–Crippen MR) is 249 cm³/mol. The number of hydrogen-bond acceptors (Lipinski definition) is 2. The van der Waals surface area contributed by atoms with Crippen LogP contribution in [0.15, 0.2) is 139 Å². The van der Waals surface area contributed by atoms with E-state index in [0.29, 0.717) is 17.9 Å². The van der Waals surface area contributed by atoms with Gasteiger partial charge >= 0.3 is 0 Å². The van der Waals surface area contributed by atoms with E-state index in [1.807, 2.05) is 0 Å². The molecule has 2 nitrogen and oxygen atoms in total. The van der Waals surface area contributed by atoms with Gasteiger partial charge in [-0.1, -0.05) is 134 Å². The molecule has 0 heterocycles. The molecule has 0 aromatic heterocycles. The van der Waals surface area contributed by atoms with Gasteiger partial charge in [-0.3, -0.25) is 0 Å². The van der Waals surface area contributed by atoms with E-state index in [0.717, 1.165) is 19.3 Å². The van der Waals surface area contributed by atoms with Crippen LogP contribution >= 0.6 is 0 Å². The van der Waals surface area contributed by atoms with Crippen molar-refractivity contribution in [2.24, 2.45) is 5.92 Å². The third-order valence-electron chi connectivity index (χ3n) is 13.9. The average Bonchev–Trinajstić information content (AvgIpc) is 3.59. The molecule has 0 fully saturated rings. The van der Waals surface area contributed by atoms with Crippen LogP contribution in [0, 0.1) is 19.8 Å².